The number of hydrogen-bond acceptors (Lipinski definition) is 6. The van der Waals surface area contributed by atoms with Gasteiger partial charge in [-0.15, -0.1) is 0 Å². The molecule has 0 radical (unpaired) electrons. The van der Waals surface area contributed by atoms with Crippen LogP contribution in [0.3, 0.4) is 0 Å². The quantitative estimate of drug-likeness (QED) is 0.746. The molecule has 2 heterocycles. The number of carbonyl (C=O) groups excluding carboxylic acids is 2. The first-order valence-corrected chi connectivity index (χ1v) is 5.74. The molecule has 1 fully saturated rings. The minimum absolute atomic E-state index is 0.102. The van der Waals surface area contributed by atoms with Crippen LogP contribution in [0.2, 0.25) is 0 Å². The molecule has 102 valence electrons. The van der Waals surface area contributed by atoms with Crippen LogP contribution in [0.25, 0.3) is 0 Å². The molecule has 0 aromatic carbocycles. The Morgan fingerprint density at radius 2 is 2.32 bits per heavy atom. The van der Waals surface area contributed by atoms with Crippen LogP contribution < -0.4 is 0 Å². The fourth-order valence-electron chi connectivity index (χ4n) is 1.89. The Kier molecular flexibility index (Phi) is 3.96. The fraction of sp³-hybridized carbons (Fsp3) is 0.417. The van der Waals surface area contributed by atoms with Gasteiger partial charge >= 0.3 is 5.97 Å². The number of esters is 1. The molecule has 2 rings (SSSR count). The van der Waals surface area contributed by atoms with Crippen LogP contribution in [0.5, 0.6) is 5.75 Å². The van der Waals surface area contributed by atoms with E-state index in [2.05, 4.69) is 9.72 Å². The predicted molar refractivity (Wildman–Crippen MR) is 63.6 cm³/mol. The SMILES string of the molecule is COC(=O)C1COCCN1C(=O)c1cncc(O)c1. The average molecular weight is 266 g/mol. The van der Waals surface area contributed by atoms with Gasteiger partial charge in [0.25, 0.3) is 5.91 Å². The van der Waals surface area contributed by atoms with Crippen molar-refractivity contribution in [3.8, 4) is 5.75 Å². The first-order valence-electron chi connectivity index (χ1n) is 5.74. The van der Waals surface area contributed by atoms with Crippen molar-refractivity contribution in [2.45, 2.75) is 6.04 Å². The summed E-state index contributed by atoms with van der Waals surface area (Å²) in [4.78, 5) is 29.0. The third kappa shape index (κ3) is 2.82. The maximum absolute atomic E-state index is 12.3. The highest BCUT2D eigenvalue weighted by molar-refractivity contribution is 5.97. The molecule has 1 amide bonds. The molecule has 0 spiro atoms. The third-order valence-electron chi connectivity index (χ3n) is 2.83. The molecule has 1 aromatic rings. The lowest BCUT2D eigenvalue weighted by atomic mass is 10.1. The molecular formula is C12H14N2O5. The lowest BCUT2D eigenvalue weighted by Crippen LogP contribution is -2.53. The number of pyridine rings is 1. The number of carbonyl (C=O) groups is 2. The summed E-state index contributed by atoms with van der Waals surface area (Å²) in [5, 5.41) is 9.33. The van der Waals surface area contributed by atoms with Crippen LogP contribution >= 0.6 is 0 Å². The first-order chi connectivity index (χ1) is 9.13. The lowest BCUT2D eigenvalue weighted by Gasteiger charge is -2.33. The smallest absolute Gasteiger partial charge is 0.331 e. The molecule has 1 atom stereocenters. The predicted octanol–water partition coefficient (Wildman–Crippen LogP) is -0.199. The van der Waals surface area contributed by atoms with E-state index in [0.717, 1.165) is 0 Å². The largest absolute Gasteiger partial charge is 0.506 e. The number of methoxy groups -OCH3 is 1. The number of nitrogens with zero attached hydrogens (tertiary/aromatic N) is 2. The summed E-state index contributed by atoms with van der Waals surface area (Å²) in [6.45, 7) is 0.740. The summed E-state index contributed by atoms with van der Waals surface area (Å²) < 4.78 is 9.84. The van der Waals surface area contributed by atoms with Gasteiger partial charge < -0.3 is 19.5 Å². The molecule has 0 aliphatic carbocycles. The van der Waals surface area contributed by atoms with Crippen LogP contribution in [0.15, 0.2) is 18.5 Å². The maximum Gasteiger partial charge on any atom is 0.331 e. The van der Waals surface area contributed by atoms with Crippen molar-refractivity contribution in [2.24, 2.45) is 0 Å². The van der Waals surface area contributed by atoms with Crippen molar-refractivity contribution < 1.29 is 24.2 Å². The number of aromatic hydroxyl groups is 1. The Balaban J connectivity index is 2.22. The molecule has 1 unspecified atom stereocenters. The van der Waals surface area contributed by atoms with Crippen LogP contribution in [0, 0.1) is 0 Å². The number of hydrogen-bond donors (Lipinski definition) is 1. The Labute approximate surface area is 109 Å². The van der Waals surface area contributed by atoms with Crippen LogP contribution in [0.1, 0.15) is 10.4 Å². The lowest BCUT2D eigenvalue weighted by molar-refractivity contribution is -0.151. The van der Waals surface area contributed by atoms with Crippen molar-refractivity contribution in [1.29, 1.82) is 0 Å². The van der Waals surface area contributed by atoms with Gasteiger partial charge in [0.2, 0.25) is 0 Å². The van der Waals surface area contributed by atoms with Gasteiger partial charge in [0.1, 0.15) is 5.75 Å². The standard InChI is InChI=1S/C12H14N2O5/c1-18-12(17)10-7-19-3-2-14(10)11(16)8-4-9(15)6-13-5-8/h4-6,10,15H,2-3,7H2,1H3. The van der Waals surface area contributed by atoms with Crippen molar-refractivity contribution in [3.63, 3.8) is 0 Å². The zero-order valence-electron chi connectivity index (χ0n) is 10.4. The first kappa shape index (κ1) is 13.3. The Morgan fingerprint density at radius 1 is 1.53 bits per heavy atom. The molecule has 1 aliphatic heterocycles. The van der Waals surface area contributed by atoms with Crippen molar-refractivity contribution in [3.05, 3.63) is 24.0 Å². The van der Waals surface area contributed by atoms with Crippen molar-refractivity contribution in [1.82, 2.24) is 9.88 Å². The molecule has 1 aliphatic rings. The molecule has 7 nitrogen and oxygen atoms in total. The topological polar surface area (TPSA) is 89.0 Å². The highest BCUT2D eigenvalue weighted by Gasteiger charge is 2.34. The Hall–Kier alpha value is -2.15. The molecule has 0 bridgehead atoms. The van der Waals surface area contributed by atoms with Crippen LogP contribution in [0.4, 0.5) is 0 Å². The summed E-state index contributed by atoms with van der Waals surface area (Å²) >= 11 is 0. The Bertz CT molecular complexity index is 491. The third-order valence-corrected chi connectivity index (χ3v) is 2.83. The van der Waals surface area contributed by atoms with Crippen molar-refractivity contribution in [2.75, 3.05) is 26.9 Å². The van der Waals surface area contributed by atoms with E-state index in [0.29, 0.717) is 6.61 Å². The van der Waals surface area contributed by atoms with E-state index in [1.54, 1.807) is 0 Å². The van der Waals surface area contributed by atoms with E-state index < -0.39 is 12.0 Å². The van der Waals surface area contributed by atoms with Crippen LogP contribution in [-0.2, 0) is 14.3 Å². The molecule has 1 N–H and O–H groups in total. The number of morpholine rings is 1. The number of amides is 1. The second-order valence-corrected chi connectivity index (χ2v) is 4.04. The van der Waals surface area contributed by atoms with E-state index in [1.807, 2.05) is 0 Å². The van der Waals surface area contributed by atoms with E-state index in [1.165, 1.54) is 30.5 Å². The summed E-state index contributed by atoms with van der Waals surface area (Å²) in [5.74, 6) is -1.02. The number of ether oxygens (including phenoxy) is 2. The van der Waals surface area contributed by atoms with Gasteiger partial charge in [0, 0.05) is 12.7 Å². The molecular weight excluding hydrogens is 252 g/mol. The minimum Gasteiger partial charge on any atom is -0.506 e. The monoisotopic (exact) mass is 266 g/mol. The fourth-order valence-corrected chi connectivity index (χ4v) is 1.89. The van der Waals surface area contributed by atoms with E-state index in [-0.39, 0.29) is 30.4 Å². The van der Waals surface area contributed by atoms with Gasteiger partial charge in [0.15, 0.2) is 6.04 Å². The Morgan fingerprint density at radius 3 is 3.00 bits per heavy atom. The molecule has 1 saturated heterocycles. The van der Waals surface area contributed by atoms with Gasteiger partial charge in [-0.25, -0.2) is 4.79 Å². The molecule has 7 heteroatoms. The van der Waals surface area contributed by atoms with Gasteiger partial charge in [-0.3, -0.25) is 9.78 Å². The normalized spacial score (nSPS) is 19.0. The summed E-state index contributed by atoms with van der Waals surface area (Å²) in [7, 11) is 1.26. The minimum atomic E-state index is -0.770. The second kappa shape index (κ2) is 5.66. The summed E-state index contributed by atoms with van der Waals surface area (Å²) in [6, 6.07) is 0.535. The summed E-state index contributed by atoms with van der Waals surface area (Å²) in [5.41, 5.74) is 0.218. The van der Waals surface area contributed by atoms with E-state index in [4.69, 9.17) is 4.74 Å². The molecule has 1 aromatic heterocycles. The average Bonchev–Trinajstić information content (AvgIpc) is 2.45. The van der Waals surface area contributed by atoms with Gasteiger partial charge in [-0.1, -0.05) is 0 Å². The maximum atomic E-state index is 12.3. The summed E-state index contributed by atoms with van der Waals surface area (Å²) in [6.07, 6.45) is 2.57. The highest BCUT2D eigenvalue weighted by Crippen LogP contribution is 2.16. The van der Waals surface area contributed by atoms with Crippen molar-refractivity contribution >= 4 is 11.9 Å². The zero-order valence-corrected chi connectivity index (χ0v) is 10.4. The van der Waals surface area contributed by atoms with E-state index in [9.17, 15) is 14.7 Å². The molecule has 0 saturated carbocycles. The van der Waals surface area contributed by atoms with Gasteiger partial charge in [-0.2, -0.15) is 0 Å². The number of rotatable bonds is 2. The van der Waals surface area contributed by atoms with Gasteiger partial charge in [0.05, 0.1) is 32.1 Å². The second-order valence-electron chi connectivity index (χ2n) is 4.04. The highest BCUT2D eigenvalue weighted by atomic mass is 16.5. The van der Waals surface area contributed by atoms with E-state index >= 15 is 0 Å². The van der Waals surface area contributed by atoms with Crippen LogP contribution in [-0.4, -0.2) is 59.8 Å². The molecule has 19 heavy (non-hydrogen) atoms. The zero-order chi connectivity index (χ0) is 13.8. The van der Waals surface area contributed by atoms with Gasteiger partial charge in [-0.05, 0) is 6.07 Å². The number of aromatic nitrogens is 1.